The molecule has 0 aromatic heterocycles. The van der Waals surface area contributed by atoms with Gasteiger partial charge in [0.25, 0.3) is 11.4 Å². The first-order chi connectivity index (χ1) is 15.3. The molecule has 1 atom stereocenters. The summed E-state index contributed by atoms with van der Waals surface area (Å²) < 4.78 is 68.9. The van der Waals surface area contributed by atoms with Gasteiger partial charge in [-0.15, -0.1) is 0 Å². The Morgan fingerprint density at radius 2 is 1.48 bits per heavy atom. The highest BCUT2D eigenvalue weighted by molar-refractivity contribution is 7.92. The number of non-ortho nitro benzene ring substituents is 1. The van der Waals surface area contributed by atoms with Gasteiger partial charge in [0.2, 0.25) is 0 Å². The summed E-state index contributed by atoms with van der Waals surface area (Å²) in [4.78, 5) is 20.2. The molecule has 0 N–H and O–H groups in total. The van der Waals surface area contributed by atoms with Crippen LogP contribution in [0.15, 0.2) is 71.6 Å². The van der Waals surface area contributed by atoms with Gasteiger partial charge in [0, 0.05) is 23.2 Å². The number of halogens is 4. The Hall–Kier alpha value is -3.51. The van der Waals surface area contributed by atoms with Gasteiger partial charge in [0.15, 0.2) is 9.84 Å². The molecule has 1 unspecified atom stereocenters. The van der Waals surface area contributed by atoms with E-state index in [1.165, 1.54) is 18.2 Å². The standard InChI is InChI=1S/C20H12ClF3N2O6S/c21-12-6-9-18(26(29)30)16(10-12)19(33(31,32)14-4-2-1-3-5-14)15-8-7-13(25(27)28)11-17(15)20(22,23)24/h1-11,19H. The summed E-state index contributed by atoms with van der Waals surface area (Å²) in [5.74, 6) is 0. The maximum Gasteiger partial charge on any atom is 0.416 e. The minimum atomic E-state index is -5.21. The number of nitrogens with zero attached hydrogens (tertiary/aromatic N) is 2. The number of nitro groups is 2. The fourth-order valence-electron chi connectivity index (χ4n) is 3.28. The minimum absolute atomic E-state index is 0.153. The Morgan fingerprint density at radius 1 is 0.848 bits per heavy atom. The lowest BCUT2D eigenvalue weighted by Gasteiger charge is -2.22. The van der Waals surface area contributed by atoms with Crippen LogP contribution in [0.4, 0.5) is 24.5 Å². The van der Waals surface area contributed by atoms with E-state index in [0.29, 0.717) is 12.1 Å². The number of rotatable bonds is 6. The largest absolute Gasteiger partial charge is 0.416 e. The molecule has 33 heavy (non-hydrogen) atoms. The number of nitro benzene ring substituents is 2. The lowest BCUT2D eigenvalue weighted by atomic mass is 9.97. The molecule has 8 nitrogen and oxygen atoms in total. The highest BCUT2D eigenvalue weighted by atomic mass is 35.5. The number of hydrogen-bond acceptors (Lipinski definition) is 6. The van der Waals surface area contributed by atoms with Crippen LogP contribution in [0, 0.1) is 20.2 Å². The van der Waals surface area contributed by atoms with Crippen molar-refractivity contribution in [1.82, 2.24) is 0 Å². The number of benzene rings is 3. The smallest absolute Gasteiger partial charge is 0.258 e. The summed E-state index contributed by atoms with van der Waals surface area (Å²) in [6.45, 7) is 0. The first kappa shape index (κ1) is 24.1. The van der Waals surface area contributed by atoms with Crippen molar-refractivity contribution in [2.24, 2.45) is 0 Å². The quantitative estimate of drug-likeness (QED) is 0.314. The van der Waals surface area contributed by atoms with E-state index in [-0.39, 0.29) is 11.1 Å². The van der Waals surface area contributed by atoms with Gasteiger partial charge in [-0.25, -0.2) is 8.42 Å². The summed E-state index contributed by atoms with van der Waals surface area (Å²) in [6, 6.07) is 10.8. The average Bonchev–Trinajstić information content (AvgIpc) is 2.73. The average molecular weight is 501 g/mol. The second-order valence-corrected chi connectivity index (χ2v) is 9.19. The predicted molar refractivity (Wildman–Crippen MR) is 112 cm³/mol. The molecule has 0 aliphatic carbocycles. The third-order valence-corrected chi connectivity index (χ3v) is 6.98. The summed E-state index contributed by atoms with van der Waals surface area (Å²) in [7, 11) is -4.73. The van der Waals surface area contributed by atoms with Crippen molar-refractivity contribution in [3.05, 3.63) is 109 Å². The fraction of sp³-hybridized carbons (Fsp3) is 0.100. The van der Waals surface area contributed by atoms with Crippen molar-refractivity contribution in [2.75, 3.05) is 0 Å². The fourth-order valence-corrected chi connectivity index (χ4v) is 5.33. The van der Waals surface area contributed by atoms with Crippen LogP contribution in [-0.4, -0.2) is 18.3 Å². The number of sulfone groups is 1. The maximum absolute atomic E-state index is 13.9. The van der Waals surface area contributed by atoms with Gasteiger partial charge in [-0.3, -0.25) is 20.2 Å². The molecule has 0 heterocycles. The van der Waals surface area contributed by atoms with Gasteiger partial charge in [-0.05, 0) is 35.9 Å². The minimum Gasteiger partial charge on any atom is -0.258 e. The van der Waals surface area contributed by atoms with Crippen molar-refractivity contribution in [1.29, 1.82) is 0 Å². The molecule has 0 radical (unpaired) electrons. The topological polar surface area (TPSA) is 120 Å². The third-order valence-electron chi connectivity index (χ3n) is 4.69. The Labute approximate surface area is 189 Å². The van der Waals surface area contributed by atoms with Crippen molar-refractivity contribution < 1.29 is 31.4 Å². The van der Waals surface area contributed by atoms with Crippen LogP contribution in [0.3, 0.4) is 0 Å². The Bertz CT molecular complexity index is 1350. The van der Waals surface area contributed by atoms with Crippen LogP contribution in [0.2, 0.25) is 5.02 Å². The molecule has 0 saturated carbocycles. The van der Waals surface area contributed by atoms with E-state index >= 15 is 0 Å². The van der Waals surface area contributed by atoms with E-state index in [0.717, 1.165) is 30.3 Å². The van der Waals surface area contributed by atoms with Crippen LogP contribution in [0.5, 0.6) is 0 Å². The highest BCUT2D eigenvalue weighted by Gasteiger charge is 2.43. The first-order valence-electron chi connectivity index (χ1n) is 8.92. The molecule has 0 aliphatic rings. The van der Waals surface area contributed by atoms with E-state index in [1.54, 1.807) is 0 Å². The molecule has 13 heteroatoms. The molecule has 0 bridgehead atoms. The van der Waals surface area contributed by atoms with E-state index < -0.39 is 64.1 Å². The van der Waals surface area contributed by atoms with Gasteiger partial charge in [-0.1, -0.05) is 29.8 Å². The zero-order valence-electron chi connectivity index (χ0n) is 16.2. The van der Waals surface area contributed by atoms with Crippen LogP contribution < -0.4 is 0 Å². The molecular weight excluding hydrogens is 489 g/mol. The van der Waals surface area contributed by atoms with E-state index in [4.69, 9.17) is 11.6 Å². The highest BCUT2D eigenvalue weighted by Crippen LogP contribution is 2.46. The van der Waals surface area contributed by atoms with Crippen molar-refractivity contribution in [2.45, 2.75) is 16.3 Å². The van der Waals surface area contributed by atoms with Crippen LogP contribution in [-0.2, 0) is 16.0 Å². The molecule has 0 amide bonds. The lowest BCUT2D eigenvalue weighted by molar-refractivity contribution is -0.385. The molecule has 0 spiro atoms. The SMILES string of the molecule is O=[N+]([O-])c1ccc(C(c2cc(Cl)ccc2[N+](=O)[O-])S(=O)(=O)c2ccccc2)c(C(F)(F)F)c1. The second-order valence-electron chi connectivity index (χ2n) is 6.72. The van der Waals surface area contributed by atoms with Crippen LogP contribution in [0.1, 0.15) is 21.9 Å². The third kappa shape index (κ3) is 4.81. The van der Waals surface area contributed by atoms with Crippen LogP contribution in [0.25, 0.3) is 0 Å². The monoisotopic (exact) mass is 500 g/mol. The molecular formula is C20H12ClF3N2O6S. The molecule has 3 aromatic carbocycles. The van der Waals surface area contributed by atoms with Gasteiger partial charge in [0.1, 0.15) is 5.25 Å². The first-order valence-corrected chi connectivity index (χ1v) is 10.8. The van der Waals surface area contributed by atoms with Gasteiger partial charge < -0.3 is 0 Å². The van der Waals surface area contributed by atoms with E-state index in [1.807, 2.05) is 0 Å². The number of hydrogen-bond donors (Lipinski definition) is 0. The van der Waals surface area contributed by atoms with Crippen LogP contribution >= 0.6 is 11.6 Å². The zero-order valence-corrected chi connectivity index (χ0v) is 17.8. The van der Waals surface area contributed by atoms with E-state index in [2.05, 4.69) is 0 Å². The Kier molecular flexibility index (Phi) is 6.43. The van der Waals surface area contributed by atoms with Crippen molar-refractivity contribution in [3.8, 4) is 0 Å². The Balaban J connectivity index is 2.47. The summed E-state index contributed by atoms with van der Waals surface area (Å²) in [6.07, 6.45) is -5.21. The molecule has 0 saturated heterocycles. The summed E-state index contributed by atoms with van der Waals surface area (Å²) in [5.41, 5.74) is -4.86. The maximum atomic E-state index is 13.9. The molecule has 3 rings (SSSR count). The van der Waals surface area contributed by atoms with Gasteiger partial charge >= 0.3 is 6.18 Å². The molecule has 0 aliphatic heterocycles. The molecule has 3 aromatic rings. The van der Waals surface area contributed by atoms with Crippen molar-refractivity contribution in [3.63, 3.8) is 0 Å². The number of alkyl halides is 3. The molecule has 0 fully saturated rings. The van der Waals surface area contributed by atoms with Gasteiger partial charge in [0.05, 0.1) is 25.9 Å². The summed E-state index contributed by atoms with van der Waals surface area (Å²) in [5, 5.41) is 20.3. The molecule has 172 valence electrons. The summed E-state index contributed by atoms with van der Waals surface area (Å²) >= 11 is 5.92. The van der Waals surface area contributed by atoms with E-state index in [9.17, 15) is 41.8 Å². The zero-order chi connectivity index (χ0) is 24.6. The Morgan fingerprint density at radius 3 is 2.03 bits per heavy atom. The second kappa shape index (κ2) is 8.79. The van der Waals surface area contributed by atoms with Gasteiger partial charge in [-0.2, -0.15) is 13.2 Å². The predicted octanol–water partition coefficient (Wildman–Crippen LogP) is 5.74. The normalized spacial score (nSPS) is 12.8. The lowest BCUT2D eigenvalue weighted by Crippen LogP contribution is -2.21. The van der Waals surface area contributed by atoms with Crippen molar-refractivity contribution >= 4 is 32.8 Å².